The summed E-state index contributed by atoms with van der Waals surface area (Å²) in [6.45, 7) is 5.32. The molecule has 2 rings (SSSR count). The van der Waals surface area contributed by atoms with E-state index in [1.165, 1.54) is 13.1 Å². The van der Waals surface area contributed by atoms with Crippen LogP contribution in [0.2, 0.25) is 0 Å². The zero-order chi connectivity index (χ0) is 15.7. The largest absolute Gasteiger partial charge is 0.462 e. The van der Waals surface area contributed by atoms with Crippen molar-refractivity contribution in [2.45, 2.75) is 27.3 Å². The summed E-state index contributed by atoms with van der Waals surface area (Å²) in [4.78, 5) is 24.1. The number of ether oxygens (including phenoxy) is 1. The Morgan fingerprint density at radius 3 is 2.57 bits per heavy atom. The Morgan fingerprint density at radius 2 is 2.00 bits per heavy atom. The number of esters is 1. The van der Waals surface area contributed by atoms with Crippen LogP contribution in [0.4, 0.5) is 8.78 Å². The Kier molecular flexibility index (Phi) is 4.06. The fraction of sp³-hybridized carbons (Fsp3) is 0.333. The van der Waals surface area contributed by atoms with E-state index in [9.17, 15) is 18.4 Å². The highest BCUT2D eigenvalue weighted by Gasteiger charge is 2.20. The van der Waals surface area contributed by atoms with E-state index < -0.39 is 23.0 Å². The highest BCUT2D eigenvalue weighted by atomic mass is 19.2. The van der Waals surface area contributed by atoms with Gasteiger partial charge in [0.05, 0.1) is 12.1 Å². The number of aryl methyl sites for hydroxylation is 2. The molecule has 0 atom stereocenters. The summed E-state index contributed by atoms with van der Waals surface area (Å²) in [6.07, 6.45) is 1.33. The third-order valence-corrected chi connectivity index (χ3v) is 3.32. The quantitative estimate of drug-likeness (QED) is 0.818. The molecule has 6 heteroatoms. The molecule has 0 saturated heterocycles. The zero-order valence-electron chi connectivity index (χ0n) is 12.0. The summed E-state index contributed by atoms with van der Waals surface area (Å²) in [5, 5.41) is -0.0289. The highest BCUT2D eigenvalue weighted by molar-refractivity contribution is 5.94. The molecule has 0 radical (unpaired) electrons. The molecule has 0 aliphatic carbocycles. The van der Waals surface area contributed by atoms with Crippen molar-refractivity contribution in [1.29, 1.82) is 0 Å². The summed E-state index contributed by atoms with van der Waals surface area (Å²) in [5.41, 5.74) is -0.513. The summed E-state index contributed by atoms with van der Waals surface area (Å²) in [6, 6.07) is 0.828. The van der Waals surface area contributed by atoms with E-state index in [1.54, 1.807) is 18.4 Å². The molecular formula is C15H15F2NO3. The van der Waals surface area contributed by atoms with Crippen molar-refractivity contribution in [2.75, 3.05) is 6.61 Å². The van der Waals surface area contributed by atoms with Gasteiger partial charge in [-0.3, -0.25) is 4.79 Å². The number of nitrogens with zero attached hydrogens (tertiary/aromatic N) is 1. The van der Waals surface area contributed by atoms with Crippen molar-refractivity contribution >= 4 is 16.9 Å². The van der Waals surface area contributed by atoms with Gasteiger partial charge in [-0.2, -0.15) is 0 Å². The molecule has 0 saturated carbocycles. The van der Waals surface area contributed by atoms with Gasteiger partial charge in [-0.15, -0.1) is 0 Å². The van der Waals surface area contributed by atoms with Crippen molar-refractivity contribution in [2.24, 2.45) is 0 Å². The number of aromatic nitrogens is 1. The minimum atomic E-state index is -1.11. The maximum absolute atomic E-state index is 13.7. The fourth-order valence-corrected chi connectivity index (χ4v) is 2.31. The average molecular weight is 295 g/mol. The van der Waals surface area contributed by atoms with Gasteiger partial charge in [0.1, 0.15) is 5.56 Å². The number of hydrogen-bond donors (Lipinski definition) is 0. The Hall–Kier alpha value is -2.24. The van der Waals surface area contributed by atoms with Crippen molar-refractivity contribution in [3.05, 3.63) is 45.2 Å². The zero-order valence-corrected chi connectivity index (χ0v) is 12.0. The molecule has 0 fully saturated rings. The van der Waals surface area contributed by atoms with E-state index in [0.717, 1.165) is 6.07 Å². The molecule has 0 aliphatic heterocycles. The number of rotatable bonds is 3. The lowest BCUT2D eigenvalue weighted by atomic mass is 10.1. The number of halogens is 2. The number of fused-ring (bicyclic) bond motifs is 1. The highest BCUT2D eigenvalue weighted by Crippen LogP contribution is 2.22. The second-order valence-corrected chi connectivity index (χ2v) is 4.57. The third kappa shape index (κ3) is 2.41. The molecule has 0 bridgehead atoms. The molecule has 1 aromatic heterocycles. The van der Waals surface area contributed by atoms with E-state index in [-0.39, 0.29) is 28.6 Å². The second-order valence-electron chi connectivity index (χ2n) is 4.57. The van der Waals surface area contributed by atoms with Gasteiger partial charge in [-0.1, -0.05) is 0 Å². The van der Waals surface area contributed by atoms with Gasteiger partial charge in [0.2, 0.25) is 5.43 Å². The predicted octanol–water partition coefficient (Wildman–Crippen LogP) is 2.78. The maximum Gasteiger partial charge on any atom is 0.343 e. The summed E-state index contributed by atoms with van der Waals surface area (Å²) in [5.74, 6) is -2.87. The van der Waals surface area contributed by atoms with Gasteiger partial charge in [-0.25, -0.2) is 13.6 Å². The minimum absolute atomic E-state index is 0.0289. The minimum Gasteiger partial charge on any atom is -0.462 e. The van der Waals surface area contributed by atoms with E-state index in [1.807, 2.05) is 0 Å². The normalized spacial score (nSPS) is 10.9. The van der Waals surface area contributed by atoms with Crippen molar-refractivity contribution in [3.8, 4) is 0 Å². The van der Waals surface area contributed by atoms with Gasteiger partial charge in [-0.05, 0) is 26.8 Å². The van der Waals surface area contributed by atoms with Crippen LogP contribution in [0.3, 0.4) is 0 Å². The monoisotopic (exact) mass is 295 g/mol. The molecule has 0 unspecified atom stereocenters. The number of benzene rings is 1. The van der Waals surface area contributed by atoms with Crippen molar-refractivity contribution in [3.63, 3.8) is 0 Å². The molecule has 0 spiro atoms. The SMILES string of the molecule is CCOC(=O)c1cn(CC)c2c(C)c(F)c(F)cc2c1=O. The summed E-state index contributed by atoms with van der Waals surface area (Å²) >= 11 is 0. The predicted molar refractivity (Wildman–Crippen MR) is 74.5 cm³/mol. The maximum atomic E-state index is 13.7. The van der Waals surface area contributed by atoms with Gasteiger partial charge >= 0.3 is 5.97 Å². The van der Waals surface area contributed by atoms with Crippen LogP contribution >= 0.6 is 0 Å². The Morgan fingerprint density at radius 1 is 1.33 bits per heavy atom. The van der Waals surface area contributed by atoms with Crippen molar-refractivity contribution in [1.82, 2.24) is 4.57 Å². The molecule has 0 amide bonds. The molecule has 4 nitrogen and oxygen atoms in total. The average Bonchev–Trinajstić information content (AvgIpc) is 2.46. The van der Waals surface area contributed by atoms with Crippen LogP contribution in [0.1, 0.15) is 29.8 Å². The Labute approximate surface area is 120 Å². The van der Waals surface area contributed by atoms with Gasteiger partial charge < -0.3 is 9.30 Å². The molecule has 0 N–H and O–H groups in total. The van der Waals surface area contributed by atoms with Gasteiger partial charge in [0.15, 0.2) is 11.6 Å². The lowest BCUT2D eigenvalue weighted by Gasteiger charge is -2.14. The van der Waals surface area contributed by atoms with Gasteiger partial charge in [0, 0.05) is 23.7 Å². The van der Waals surface area contributed by atoms with Crippen LogP contribution in [-0.2, 0) is 11.3 Å². The fourth-order valence-electron chi connectivity index (χ4n) is 2.31. The van der Waals surface area contributed by atoms with Crippen LogP contribution in [-0.4, -0.2) is 17.1 Å². The lowest BCUT2D eigenvalue weighted by Crippen LogP contribution is -2.21. The van der Waals surface area contributed by atoms with Crippen LogP contribution in [0.5, 0.6) is 0 Å². The standard InChI is InChI=1S/C15H15F2NO3/c1-4-18-7-10(15(20)21-5-2)14(19)9-6-11(16)12(17)8(3)13(9)18/h6-7H,4-5H2,1-3H3. The van der Waals surface area contributed by atoms with E-state index in [0.29, 0.717) is 6.54 Å². The number of carbonyl (C=O) groups excluding carboxylic acids is 1. The first kappa shape index (κ1) is 15.2. The topological polar surface area (TPSA) is 48.3 Å². The third-order valence-electron chi connectivity index (χ3n) is 3.32. The summed E-state index contributed by atoms with van der Waals surface area (Å²) in [7, 11) is 0. The molecule has 21 heavy (non-hydrogen) atoms. The lowest BCUT2D eigenvalue weighted by molar-refractivity contribution is 0.0524. The van der Waals surface area contributed by atoms with Crippen LogP contribution < -0.4 is 5.43 Å². The van der Waals surface area contributed by atoms with Crippen LogP contribution in [0.15, 0.2) is 17.1 Å². The first-order chi connectivity index (χ1) is 9.92. The van der Waals surface area contributed by atoms with E-state index in [2.05, 4.69) is 0 Å². The Bertz CT molecular complexity index is 781. The number of pyridine rings is 1. The molecule has 1 aromatic carbocycles. The smallest absolute Gasteiger partial charge is 0.343 e. The van der Waals surface area contributed by atoms with E-state index in [4.69, 9.17) is 4.74 Å². The number of carbonyl (C=O) groups is 1. The molecule has 1 heterocycles. The molecule has 112 valence electrons. The van der Waals surface area contributed by atoms with Crippen molar-refractivity contribution < 1.29 is 18.3 Å². The first-order valence-electron chi connectivity index (χ1n) is 6.61. The summed E-state index contributed by atoms with van der Waals surface area (Å²) < 4.78 is 33.6. The van der Waals surface area contributed by atoms with Crippen LogP contribution in [0.25, 0.3) is 10.9 Å². The van der Waals surface area contributed by atoms with E-state index >= 15 is 0 Å². The molecular weight excluding hydrogens is 280 g/mol. The number of hydrogen-bond acceptors (Lipinski definition) is 3. The molecule has 2 aromatic rings. The Balaban J connectivity index is 2.90. The molecule has 0 aliphatic rings. The van der Waals surface area contributed by atoms with Crippen LogP contribution in [0, 0.1) is 18.6 Å². The first-order valence-corrected chi connectivity index (χ1v) is 6.61. The van der Waals surface area contributed by atoms with Gasteiger partial charge in [0.25, 0.3) is 0 Å². The second kappa shape index (κ2) is 5.63.